The molecule has 3 amide bonds. The van der Waals surface area contributed by atoms with Crippen LogP contribution in [0.4, 0.5) is 5.69 Å². The number of likely N-dealkylation sites (tertiary alicyclic amines) is 1. The average molecular weight is 472 g/mol. The van der Waals surface area contributed by atoms with Gasteiger partial charge < -0.3 is 10.4 Å². The molecular formula is C17H16Br2N2O4. The highest BCUT2D eigenvalue weighted by Gasteiger charge is 2.66. The number of amides is 3. The lowest BCUT2D eigenvalue weighted by Crippen LogP contribution is -2.39. The van der Waals surface area contributed by atoms with Crippen molar-refractivity contribution in [2.45, 2.75) is 16.1 Å². The number of aromatic hydroxyl groups is 1. The van der Waals surface area contributed by atoms with Crippen LogP contribution in [-0.2, 0) is 14.4 Å². The van der Waals surface area contributed by atoms with Crippen molar-refractivity contribution in [2.75, 3.05) is 11.9 Å². The summed E-state index contributed by atoms with van der Waals surface area (Å²) >= 11 is 7.27. The number of alkyl halides is 2. The van der Waals surface area contributed by atoms with Gasteiger partial charge >= 0.3 is 0 Å². The molecule has 2 N–H and O–H groups in total. The third kappa shape index (κ3) is 2.61. The fourth-order valence-electron chi connectivity index (χ4n) is 4.49. The fourth-order valence-corrected chi connectivity index (χ4v) is 6.37. The third-order valence-corrected chi connectivity index (χ3v) is 8.72. The maximum atomic E-state index is 12.7. The Labute approximate surface area is 161 Å². The van der Waals surface area contributed by atoms with Crippen LogP contribution in [0.15, 0.2) is 24.3 Å². The molecule has 2 aliphatic carbocycles. The highest BCUT2D eigenvalue weighted by Crippen LogP contribution is 2.60. The zero-order valence-corrected chi connectivity index (χ0v) is 16.2. The summed E-state index contributed by atoms with van der Waals surface area (Å²) in [6.07, 6.45) is 0.863. The van der Waals surface area contributed by atoms with Crippen LogP contribution in [0.5, 0.6) is 5.75 Å². The summed E-state index contributed by atoms with van der Waals surface area (Å²) in [5.41, 5.74) is 0.422. The van der Waals surface area contributed by atoms with Crippen molar-refractivity contribution in [3.8, 4) is 5.75 Å². The Morgan fingerprint density at radius 3 is 2.32 bits per heavy atom. The lowest BCUT2D eigenvalue weighted by Gasteiger charge is -2.28. The van der Waals surface area contributed by atoms with Gasteiger partial charge in [-0.25, -0.2) is 0 Å². The first-order chi connectivity index (χ1) is 11.9. The number of carbonyl (C=O) groups excluding carboxylic acids is 3. The van der Waals surface area contributed by atoms with Gasteiger partial charge in [0.05, 0.1) is 11.8 Å². The van der Waals surface area contributed by atoms with Gasteiger partial charge in [-0.15, -0.1) is 0 Å². The number of phenolic OH excluding ortho intramolecular Hbond substituents is 1. The molecule has 0 aromatic heterocycles. The SMILES string of the molecule is O=C(CN1C(=O)[C@@H]2[C@H]3C[C@@H]([C@@H](Br)[C@H]3Br)[C@H]2C1=O)Nc1cccc(O)c1. The maximum absolute atomic E-state index is 12.7. The monoisotopic (exact) mass is 470 g/mol. The van der Waals surface area contributed by atoms with E-state index in [9.17, 15) is 19.5 Å². The Balaban J connectivity index is 1.48. The molecule has 132 valence electrons. The number of nitrogens with one attached hydrogen (secondary N) is 1. The van der Waals surface area contributed by atoms with Gasteiger partial charge in [-0.3, -0.25) is 19.3 Å². The Hall–Kier alpha value is -1.41. The van der Waals surface area contributed by atoms with Crippen molar-refractivity contribution in [3.63, 3.8) is 0 Å². The third-order valence-electron chi connectivity index (χ3n) is 5.51. The second-order valence-electron chi connectivity index (χ2n) is 6.86. The molecule has 2 bridgehead atoms. The lowest BCUT2D eigenvalue weighted by molar-refractivity contribution is -0.143. The van der Waals surface area contributed by atoms with Crippen LogP contribution in [0.2, 0.25) is 0 Å². The molecule has 0 spiro atoms. The molecule has 1 aliphatic heterocycles. The van der Waals surface area contributed by atoms with Crippen molar-refractivity contribution in [2.24, 2.45) is 23.7 Å². The van der Waals surface area contributed by atoms with Gasteiger partial charge in [0.15, 0.2) is 0 Å². The number of phenols is 1. The second-order valence-corrected chi connectivity index (χ2v) is 8.98. The first-order valence-electron chi connectivity index (χ1n) is 8.10. The molecule has 0 radical (unpaired) electrons. The van der Waals surface area contributed by atoms with Crippen molar-refractivity contribution in [1.82, 2.24) is 4.90 Å². The summed E-state index contributed by atoms with van der Waals surface area (Å²) in [5.74, 6) is -1.26. The van der Waals surface area contributed by atoms with Gasteiger partial charge in [0.2, 0.25) is 17.7 Å². The fraction of sp³-hybridized carbons (Fsp3) is 0.471. The summed E-state index contributed by atoms with van der Waals surface area (Å²) in [6, 6.07) is 6.13. The number of halogens is 2. The average Bonchev–Trinajstić information content (AvgIpc) is 3.15. The van der Waals surface area contributed by atoms with Crippen LogP contribution in [0.3, 0.4) is 0 Å². The van der Waals surface area contributed by atoms with E-state index in [1.165, 1.54) is 12.1 Å². The molecule has 1 aromatic rings. The minimum absolute atomic E-state index is 0.0314. The molecule has 2 saturated carbocycles. The van der Waals surface area contributed by atoms with Crippen molar-refractivity contribution in [1.29, 1.82) is 0 Å². The Bertz CT molecular complexity index is 739. The zero-order valence-electron chi connectivity index (χ0n) is 13.1. The molecule has 1 aromatic carbocycles. The molecule has 4 rings (SSSR count). The molecule has 25 heavy (non-hydrogen) atoms. The van der Waals surface area contributed by atoms with E-state index in [1.54, 1.807) is 12.1 Å². The van der Waals surface area contributed by atoms with E-state index in [1.807, 2.05) is 0 Å². The van der Waals surface area contributed by atoms with E-state index in [0.717, 1.165) is 11.3 Å². The van der Waals surface area contributed by atoms with Gasteiger partial charge in [-0.2, -0.15) is 0 Å². The standard InChI is InChI=1S/C17H16Br2N2O4/c18-14-9-5-10(15(14)19)13-12(9)16(24)21(17(13)25)6-11(23)20-7-2-1-3-8(22)4-7/h1-4,9-10,12-15,22H,5-6H2,(H,20,23)/t9-,10-,12-,13-,14-,15+/m1/s1. The first kappa shape index (κ1) is 17.0. The number of rotatable bonds is 3. The minimum atomic E-state index is -0.453. The summed E-state index contributed by atoms with van der Waals surface area (Å²) in [4.78, 5) is 39.2. The van der Waals surface area contributed by atoms with Crippen LogP contribution in [-0.4, -0.2) is 43.9 Å². The van der Waals surface area contributed by atoms with Crippen molar-refractivity contribution < 1.29 is 19.5 Å². The summed E-state index contributed by atoms with van der Waals surface area (Å²) in [5, 5.41) is 12.0. The van der Waals surface area contributed by atoms with Gasteiger partial charge in [-0.05, 0) is 30.4 Å². The predicted octanol–water partition coefficient (Wildman–Crippen LogP) is 2.11. The number of nitrogens with zero attached hydrogens (tertiary/aromatic N) is 1. The van der Waals surface area contributed by atoms with Crippen LogP contribution in [0.25, 0.3) is 0 Å². The predicted molar refractivity (Wildman–Crippen MR) is 97.5 cm³/mol. The Morgan fingerprint density at radius 1 is 1.16 bits per heavy atom. The summed E-state index contributed by atoms with van der Waals surface area (Å²) in [7, 11) is 0. The molecule has 0 unspecified atom stereocenters. The number of imide groups is 1. The quantitative estimate of drug-likeness (QED) is 0.522. The summed E-state index contributed by atoms with van der Waals surface area (Å²) < 4.78 is 0. The van der Waals surface area contributed by atoms with Gasteiger partial charge in [0.1, 0.15) is 12.3 Å². The molecule has 6 atom stereocenters. The number of anilines is 1. The molecule has 3 aliphatic rings. The van der Waals surface area contributed by atoms with Gasteiger partial charge in [0.25, 0.3) is 0 Å². The smallest absolute Gasteiger partial charge is 0.244 e. The molecule has 8 heteroatoms. The van der Waals surface area contributed by atoms with E-state index < -0.39 is 5.91 Å². The van der Waals surface area contributed by atoms with Crippen LogP contribution in [0, 0.1) is 23.7 Å². The van der Waals surface area contributed by atoms with E-state index >= 15 is 0 Å². The van der Waals surface area contributed by atoms with Gasteiger partial charge in [-0.1, -0.05) is 37.9 Å². The van der Waals surface area contributed by atoms with Crippen LogP contribution < -0.4 is 5.32 Å². The first-order valence-corrected chi connectivity index (χ1v) is 9.94. The Morgan fingerprint density at radius 2 is 1.76 bits per heavy atom. The molecule has 1 heterocycles. The van der Waals surface area contributed by atoms with Crippen molar-refractivity contribution >= 4 is 55.3 Å². The number of fused-ring (bicyclic) bond motifs is 5. The van der Waals surface area contributed by atoms with E-state index in [2.05, 4.69) is 37.2 Å². The van der Waals surface area contributed by atoms with E-state index in [0.29, 0.717) is 5.69 Å². The summed E-state index contributed by atoms with van der Waals surface area (Å²) in [6.45, 7) is -0.292. The molecule has 3 fully saturated rings. The normalized spacial score (nSPS) is 36.0. The van der Waals surface area contributed by atoms with Crippen LogP contribution >= 0.6 is 31.9 Å². The van der Waals surface area contributed by atoms with E-state index in [-0.39, 0.29) is 57.4 Å². The topological polar surface area (TPSA) is 86.7 Å². The second kappa shape index (κ2) is 6.09. The minimum Gasteiger partial charge on any atom is -0.508 e. The highest BCUT2D eigenvalue weighted by atomic mass is 79.9. The van der Waals surface area contributed by atoms with Crippen molar-refractivity contribution in [3.05, 3.63) is 24.3 Å². The maximum Gasteiger partial charge on any atom is 0.244 e. The molecule has 1 saturated heterocycles. The largest absolute Gasteiger partial charge is 0.508 e. The molecular weight excluding hydrogens is 456 g/mol. The number of carbonyl (C=O) groups is 3. The highest BCUT2D eigenvalue weighted by molar-refractivity contribution is 9.12. The molecule has 6 nitrogen and oxygen atoms in total. The number of hydrogen-bond donors (Lipinski definition) is 2. The van der Waals surface area contributed by atoms with E-state index in [4.69, 9.17) is 0 Å². The number of benzene rings is 1. The zero-order chi connectivity index (χ0) is 17.9. The van der Waals surface area contributed by atoms with Gasteiger partial charge in [0, 0.05) is 21.4 Å². The Kier molecular flexibility index (Phi) is 4.15. The number of hydrogen-bond acceptors (Lipinski definition) is 4. The van der Waals surface area contributed by atoms with Crippen LogP contribution in [0.1, 0.15) is 6.42 Å². The lowest BCUT2D eigenvalue weighted by atomic mass is 9.81.